The molecule has 0 amide bonds. The second-order valence-corrected chi connectivity index (χ2v) is 14.1. The van der Waals surface area contributed by atoms with Gasteiger partial charge in [0.05, 0.1) is 0 Å². The van der Waals surface area contributed by atoms with E-state index in [2.05, 4.69) is 0 Å². The molecule has 0 aliphatic rings. The van der Waals surface area contributed by atoms with Crippen LogP contribution in [0.3, 0.4) is 0 Å². The van der Waals surface area contributed by atoms with Gasteiger partial charge in [-0.2, -0.15) is 0 Å². The molecular weight excluding hydrogens is 296 g/mol. The van der Waals surface area contributed by atoms with Crippen molar-refractivity contribution in [2.45, 2.75) is 32.1 Å². The van der Waals surface area contributed by atoms with E-state index in [0.717, 1.165) is 12.0 Å². The minimum Gasteiger partial charge on any atom is -0.439 e. The van der Waals surface area contributed by atoms with Gasteiger partial charge in [0, 0.05) is 0 Å². The van der Waals surface area contributed by atoms with E-state index >= 15 is 0 Å². The highest BCUT2D eigenvalue weighted by atomic mass is 28.5. The molecule has 0 saturated heterocycles. The SMILES string of the molecule is C[Si](C)(C)O[SiH](CCc1ccccc1)O[Si](O)(O)O. The summed E-state index contributed by atoms with van der Waals surface area (Å²) in [6.45, 7) is 6.02. The minimum atomic E-state index is -4.50. The molecule has 0 heterocycles. The lowest BCUT2D eigenvalue weighted by atomic mass is 10.2. The van der Waals surface area contributed by atoms with Crippen molar-refractivity contribution in [2.24, 2.45) is 0 Å². The van der Waals surface area contributed by atoms with Crippen LogP contribution < -0.4 is 0 Å². The van der Waals surface area contributed by atoms with Crippen LogP contribution >= 0.6 is 0 Å². The van der Waals surface area contributed by atoms with Gasteiger partial charge in [-0.1, -0.05) is 30.3 Å². The van der Waals surface area contributed by atoms with Gasteiger partial charge in [-0.05, 0) is 37.7 Å². The molecule has 0 aliphatic carbocycles. The first-order valence-corrected chi connectivity index (χ1v) is 13.1. The predicted molar refractivity (Wildman–Crippen MR) is 80.0 cm³/mol. The third-order valence-electron chi connectivity index (χ3n) is 2.29. The molecule has 1 atom stereocenters. The van der Waals surface area contributed by atoms with Gasteiger partial charge in [-0.25, -0.2) is 0 Å². The van der Waals surface area contributed by atoms with Crippen LogP contribution in [0.2, 0.25) is 25.7 Å². The molecule has 1 aromatic carbocycles. The van der Waals surface area contributed by atoms with Gasteiger partial charge >= 0.3 is 18.3 Å². The number of hydrogen-bond acceptors (Lipinski definition) is 5. The highest BCUT2D eigenvalue weighted by Crippen LogP contribution is 2.14. The van der Waals surface area contributed by atoms with Gasteiger partial charge in [0.15, 0.2) is 8.32 Å². The van der Waals surface area contributed by atoms with Crippen molar-refractivity contribution in [1.29, 1.82) is 0 Å². The van der Waals surface area contributed by atoms with Crippen LogP contribution in [-0.2, 0) is 14.7 Å². The van der Waals surface area contributed by atoms with Crippen molar-refractivity contribution in [3.8, 4) is 0 Å². The number of rotatable bonds is 7. The fourth-order valence-electron chi connectivity index (χ4n) is 1.64. The van der Waals surface area contributed by atoms with Crippen molar-refractivity contribution >= 4 is 26.6 Å². The molecule has 3 N–H and O–H groups in total. The van der Waals surface area contributed by atoms with Gasteiger partial charge < -0.3 is 22.6 Å². The zero-order chi connectivity index (χ0) is 14.5. The lowest BCUT2D eigenvalue weighted by Gasteiger charge is -2.27. The van der Waals surface area contributed by atoms with Crippen LogP contribution in [0.1, 0.15) is 5.56 Å². The van der Waals surface area contributed by atoms with Crippen LogP contribution in [-0.4, -0.2) is 41.0 Å². The Morgan fingerprint density at radius 3 is 2.05 bits per heavy atom. The molecule has 5 nitrogen and oxygen atoms in total. The van der Waals surface area contributed by atoms with E-state index in [4.69, 9.17) is 22.6 Å². The molecule has 19 heavy (non-hydrogen) atoms. The molecule has 0 aromatic heterocycles. The van der Waals surface area contributed by atoms with Gasteiger partial charge in [0.25, 0.3) is 0 Å². The Hall–Kier alpha value is -0.329. The molecular formula is C11H22O5Si3. The molecule has 0 fully saturated rings. The summed E-state index contributed by atoms with van der Waals surface area (Å²) in [4.78, 5) is 27.2. The smallest absolute Gasteiger partial charge is 0.439 e. The van der Waals surface area contributed by atoms with Crippen molar-refractivity contribution < 1.29 is 22.6 Å². The lowest BCUT2D eigenvalue weighted by molar-refractivity contribution is 0.117. The second-order valence-electron chi connectivity index (χ2n) is 5.38. The Morgan fingerprint density at radius 1 is 1.00 bits per heavy atom. The van der Waals surface area contributed by atoms with Crippen LogP contribution in [0.15, 0.2) is 30.3 Å². The first-order valence-electron chi connectivity index (χ1n) is 6.22. The van der Waals surface area contributed by atoms with E-state index in [1.165, 1.54) is 0 Å². The average Bonchev–Trinajstić information content (AvgIpc) is 2.23. The Labute approximate surface area is 117 Å². The van der Waals surface area contributed by atoms with E-state index in [-0.39, 0.29) is 0 Å². The van der Waals surface area contributed by atoms with E-state index in [0.29, 0.717) is 6.04 Å². The largest absolute Gasteiger partial charge is 0.662 e. The second kappa shape index (κ2) is 6.90. The van der Waals surface area contributed by atoms with E-state index in [1.54, 1.807) is 0 Å². The first-order chi connectivity index (χ1) is 8.66. The van der Waals surface area contributed by atoms with E-state index < -0.39 is 26.6 Å². The maximum atomic E-state index is 9.08. The zero-order valence-electron chi connectivity index (χ0n) is 11.5. The topological polar surface area (TPSA) is 79.2 Å². The van der Waals surface area contributed by atoms with Crippen molar-refractivity contribution in [3.05, 3.63) is 35.9 Å². The van der Waals surface area contributed by atoms with Crippen molar-refractivity contribution in [1.82, 2.24) is 0 Å². The normalized spacial score (nSPS) is 14.4. The fraction of sp³-hybridized carbons (Fsp3) is 0.455. The number of benzene rings is 1. The van der Waals surface area contributed by atoms with E-state index in [1.807, 2.05) is 50.0 Å². The fourth-order valence-corrected chi connectivity index (χ4v) is 8.34. The van der Waals surface area contributed by atoms with Crippen LogP contribution in [0.4, 0.5) is 0 Å². The molecule has 8 heteroatoms. The highest BCUT2D eigenvalue weighted by molar-refractivity contribution is 6.77. The third kappa shape index (κ3) is 8.44. The summed E-state index contributed by atoms with van der Waals surface area (Å²) in [6.07, 6.45) is 0.743. The predicted octanol–water partition coefficient (Wildman–Crippen LogP) is 0.730. The van der Waals surface area contributed by atoms with Gasteiger partial charge in [-0.3, -0.25) is 0 Å². The average molecular weight is 319 g/mol. The Balaban J connectivity index is 2.59. The van der Waals surface area contributed by atoms with Gasteiger partial charge in [0.1, 0.15) is 0 Å². The Bertz CT molecular complexity index is 358. The molecule has 0 radical (unpaired) electrons. The molecule has 108 valence electrons. The maximum absolute atomic E-state index is 9.08. The summed E-state index contributed by atoms with van der Waals surface area (Å²) in [6, 6.07) is 10.5. The van der Waals surface area contributed by atoms with Gasteiger partial charge in [-0.15, -0.1) is 0 Å². The highest BCUT2D eigenvalue weighted by Gasteiger charge is 2.37. The molecule has 0 spiro atoms. The standard InChI is InChI=1S/C11H22O5Si3/c1-18(2,3)15-17(16-19(12,13)14)10-9-11-7-5-4-6-8-11/h4-8,12-14,17H,9-10H2,1-3H3. The molecule has 0 bridgehead atoms. The summed E-state index contributed by atoms with van der Waals surface area (Å²) in [7, 11) is -8.61. The number of hydrogen-bond donors (Lipinski definition) is 3. The molecule has 0 aliphatic heterocycles. The summed E-state index contributed by atoms with van der Waals surface area (Å²) >= 11 is 0. The summed E-state index contributed by atoms with van der Waals surface area (Å²) < 4.78 is 10.8. The lowest BCUT2D eigenvalue weighted by Crippen LogP contribution is -2.48. The van der Waals surface area contributed by atoms with Crippen LogP contribution in [0.5, 0.6) is 0 Å². The maximum Gasteiger partial charge on any atom is 0.662 e. The van der Waals surface area contributed by atoms with E-state index in [9.17, 15) is 0 Å². The van der Waals surface area contributed by atoms with Crippen molar-refractivity contribution in [3.63, 3.8) is 0 Å². The summed E-state index contributed by atoms with van der Waals surface area (Å²) in [5.41, 5.74) is 1.14. The van der Waals surface area contributed by atoms with Crippen LogP contribution in [0, 0.1) is 0 Å². The van der Waals surface area contributed by atoms with Gasteiger partial charge in [0.2, 0.25) is 0 Å². The quantitative estimate of drug-likeness (QED) is 0.646. The molecule has 1 aromatic rings. The zero-order valence-corrected chi connectivity index (χ0v) is 14.7. The molecule has 1 rings (SSSR count). The monoisotopic (exact) mass is 318 g/mol. The first kappa shape index (κ1) is 16.7. The van der Waals surface area contributed by atoms with Crippen molar-refractivity contribution in [2.75, 3.05) is 0 Å². The molecule has 0 saturated carbocycles. The summed E-state index contributed by atoms with van der Waals surface area (Å²) in [5.74, 6) is 0. The Morgan fingerprint density at radius 2 is 1.58 bits per heavy atom. The summed E-state index contributed by atoms with van der Waals surface area (Å²) in [5, 5.41) is 0. The Kier molecular flexibility index (Phi) is 6.08. The number of aryl methyl sites for hydroxylation is 1. The third-order valence-corrected chi connectivity index (χ3v) is 9.24. The molecule has 1 unspecified atom stereocenters. The van der Waals surface area contributed by atoms with Crippen LogP contribution in [0.25, 0.3) is 0 Å². The minimum absolute atomic E-state index is 0.602.